The van der Waals surface area contributed by atoms with Gasteiger partial charge in [0.1, 0.15) is 23.5 Å². The number of hydrogen-bond acceptors (Lipinski definition) is 6. The molecule has 1 aliphatic rings. The molecule has 2 aromatic carbocycles. The number of rotatable bonds is 5. The van der Waals surface area contributed by atoms with Gasteiger partial charge >= 0.3 is 0 Å². The standard InChI is InChI=1S/C25H23ClFN7O/c1-2-3-22-31-24-18(25-29-14-30-32-25)12-16(33-6-8-35-9-7-33)13-21(24)34(22)20-4-5-28-23-17(20)10-15(27)11-19(23)26/h4-5,10-14H,2-3,6-9H2,1H3,(H,29,30,32). The highest BCUT2D eigenvalue weighted by Gasteiger charge is 2.22. The van der Waals surface area contributed by atoms with Crippen LogP contribution in [0, 0.1) is 5.82 Å². The van der Waals surface area contributed by atoms with Gasteiger partial charge in [0.15, 0.2) is 5.82 Å². The highest BCUT2D eigenvalue weighted by molar-refractivity contribution is 6.35. The minimum absolute atomic E-state index is 0.277. The van der Waals surface area contributed by atoms with Crippen molar-refractivity contribution in [1.82, 2.24) is 29.7 Å². The second-order valence-electron chi connectivity index (χ2n) is 8.53. The van der Waals surface area contributed by atoms with Gasteiger partial charge in [-0.15, -0.1) is 10.2 Å². The maximum atomic E-state index is 14.5. The number of nitrogens with zero attached hydrogens (tertiary/aromatic N) is 6. The van der Waals surface area contributed by atoms with E-state index in [1.54, 1.807) is 12.5 Å². The van der Waals surface area contributed by atoms with Crippen molar-refractivity contribution in [3.8, 4) is 17.1 Å². The number of imidazole rings is 1. The smallest absolute Gasteiger partial charge is 0.163 e. The molecule has 10 heteroatoms. The molecule has 5 aromatic rings. The second-order valence-corrected chi connectivity index (χ2v) is 8.93. The van der Waals surface area contributed by atoms with Crippen LogP contribution in [0.3, 0.4) is 0 Å². The molecular weight excluding hydrogens is 469 g/mol. The molecule has 1 fully saturated rings. The summed E-state index contributed by atoms with van der Waals surface area (Å²) in [7, 11) is 0. The monoisotopic (exact) mass is 491 g/mol. The molecule has 178 valence electrons. The fraction of sp³-hybridized carbons (Fsp3) is 0.280. The molecule has 0 aliphatic carbocycles. The average Bonchev–Trinajstić information content (AvgIpc) is 3.52. The van der Waals surface area contributed by atoms with Crippen molar-refractivity contribution in [3.63, 3.8) is 0 Å². The van der Waals surface area contributed by atoms with Gasteiger partial charge in [0.25, 0.3) is 0 Å². The Morgan fingerprint density at radius 2 is 2.00 bits per heavy atom. The Kier molecular flexibility index (Phi) is 5.58. The van der Waals surface area contributed by atoms with Crippen LogP contribution in [0.25, 0.3) is 39.0 Å². The SMILES string of the molecule is CCCc1nc2c(-c3nnc[nH]3)cc(N3CCOCC3)cc2n1-c1ccnc2c(Cl)cc(F)cc12. The number of pyridine rings is 1. The van der Waals surface area contributed by atoms with Crippen LogP contribution in [0.2, 0.25) is 5.02 Å². The van der Waals surface area contributed by atoms with Crippen LogP contribution in [-0.2, 0) is 11.2 Å². The van der Waals surface area contributed by atoms with Crippen molar-refractivity contribution in [2.24, 2.45) is 0 Å². The van der Waals surface area contributed by atoms with E-state index in [1.807, 2.05) is 6.07 Å². The number of ether oxygens (including phenoxy) is 1. The molecule has 1 N–H and O–H groups in total. The van der Waals surface area contributed by atoms with Gasteiger partial charge in [0.05, 0.1) is 35.0 Å². The van der Waals surface area contributed by atoms with E-state index in [9.17, 15) is 4.39 Å². The van der Waals surface area contributed by atoms with E-state index in [1.165, 1.54) is 12.1 Å². The number of morpholine rings is 1. The zero-order valence-corrected chi connectivity index (χ0v) is 19.9. The number of H-pyrrole nitrogens is 1. The number of nitrogens with one attached hydrogen (secondary N) is 1. The molecule has 1 aliphatic heterocycles. The fourth-order valence-corrected chi connectivity index (χ4v) is 5.01. The number of halogens is 2. The van der Waals surface area contributed by atoms with Crippen LogP contribution in [0.15, 0.2) is 42.9 Å². The summed E-state index contributed by atoms with van der Waals surface area (Å²) in [6.45, 7) is 5.03. The Balaban J connectivity index is 1.69. The van der Waals surface area contributed by atoms with Crippen LogP contribution >= 0.6 is 11.6 Å². The summed E-state index contributed by atoms with van der Waals surface area (Å²) in [6, 6.07) is 8.89. The predicted octanol–water partition coefficient (Wildman–Crippen LogP) is 4.94. The first-order valence-corrected chi connectivity index (χ1v) is 12.0. The Bertz CT molecular complexity index is 1530. The number of aromatic nitrogens is 6. The number of hydrogen-bond donors (Lipinski definition) is 1. The van der Waals surface area contributed by atoms with E-state index in [0.717, 1.165) is 59.7 Å². The third-order valence-electron chi connectivity index (χ3n) is 6.32. The number of aryl methyl sites for hydroxylation is 1. The van der Waals surface area contributed by atoms with Gasteiger partial charge in [-0.25, -0.2) is 9.37 Å². The summed E-state index contributed by atoms with van der Waals surface area (Å²) in [6.07, 6.45) is 4.90. The minimum Gasteiger partial charge on any atom is -0.378 e. The van der Waals surface area contributed by atoms with E-state index in [4.69, 9.17) is 21.3 Å². The van der Waals surface area contributed by atoms with Crippen LogP contribution in [0.1, 0.15) is 19.2 Å². The molecule has 1 saturated heterocycles. The number of aromatic amines is 1. The third-order valence-corrected chi connectivity index (χ3v) is 6.61. The molecule has 3 aromatic heterocycles. The molecule has 8 nitrogen and oxygen atoms in total. The quantitative estimate of drug-likeness (QED) is 0.375. The highest BCUT2D eigenvalue weighted by atomic mass is 35.5. The Hall–Kier alpha value is -3.56. The maximum absolute atomic E-state index is 14.5. The van der Waals surface area contributed by atoms with Crippen molar-refractivity contribution in [2.45, 2.75) is 19.8 Å². The Morgan fingerprint density at radius 3 is 2.77 bits per heavy atom. The summed E-state index contributed by atoms with van der Waals surface area (Å²) in [4.78, 5) is 14.9. The maximum Gasteiger partial charge on any atom is 0.163 e. The first-order chi connectivity index (χ1) is 17.1. The molecule has 0 bridgehead atoms. The van der Waals surface area contributed by atoms with E-state index in [2.05, 4.69) is 48.7 Å². The zero-order chi connectivity index (χ0) is 23.9. The lowest BCUT2D eigenvalue weighted by molar-refractivity contribution is 0.122. The van der Waals surface area contributed by atoms with E-state index < -0.39 is 5.82 Å². The van der Waals surface area contributed by atoms with Crippen LogP contribution in [0.4, 0.5) is 10.1 Å². The van der Waals surface area contributed by atoms with Gasteiger partial charge in [-0.3, -0.25) is 9.55 Å². The molecule has 0 unspecified atom stereocenters. The highest BCUT2D eigenvalue weighted by Crippen LogP contribution is 2.36. The molecule has 6 rings (SSSR count). The van der Waals surface area contributed by atoms with Crippen LogP contribution < -0.4 is 4.90 Å². The molecule has 0 atom stereocenters. The van der Waals surface area contributed by atoms with Gasteiger partial charge in [-0.05, 0) is 36.8 Å². The van der Waals surface area contributed by atoms with Crippen LogP contribution in [-0.4, -0.2) is 56.0 Å². The topological polar surface area (TPSA) is 84.8 Å². The van der Waals surface area contributed by atoms with Crippen molar-refractivity contribution in [3.05, 3.63) is 59.5 Å². The van der Waals surface area contributed by atoms with Crippen LogP contribution in [0.5, 0.6) is 0 Å². The zero-order valence-electron chi connectivity index (χ0n) is 19.1. The molecular formula is C25H23ClFN7O. The number of anilines is 1. The molecule has 0 radical (unpaired) electrons. The first-order valence-electron chi connectivity index (χ1n) is 11.6. The Labute approximate surface area is 205 Å². The summed E-state index contributed by atoms with van der Waals surface area (Å²) < 4.78 is 22.1. The van der Waals surface area contributed by atoms with Crippen molar-refractivity contribution in [1.29, 1.82) is 0 Å². The summed E-state index contributed by atoms with van der Waals surface area (Å²) in [5, 5.41) is 9.18. The lowest BCUT2D eigenvalue weighted by Gasteiger charge is -2.29. The Morgan fingerprint density at radius 1 is 1.14 bits per heavy atom. The molecule has 0 spiro atoms. The first kappa shape index (κ1) is 21.9. The average molecular weight is 492 g/mol. The van der Waals surface area contributed by atoms with Gasteiger partial charge in [0.2, 0.25) is 0 Å². The van der Waals surface area contributed by atoms with Gasteiger partial charge < -0.3 is 14.6 Å². The third kappa shape index (κ3) is 3.81. The largest absolute Gasteiger partial charge is 0.378 e. The lowest BCUT2D eigenvalue weighted by atomic mass is 10.1. The summed E-state index contributed by atoms with van der Waals surface area (Å²) in [5.41, 5.74) is 4.94. The van der Waals surface area contributed by atoms with Gasteiger partial charge in [0, 0.05) is 42.3 Å². The van der Waals surface area contributed by atoms with Crippen molar-refractivity contribution < 1.29 is 9.13 Å². The number of fused-ring (bicyclic) bond motifs is 2. The fourth-order valence-electron chi connectivity index (χ4n) is 4.75. The summed E-state index contributed by atoms with van der Waals surface area (Å²) >= 11 is 6.37. The molecule has 35 heavy (non-hydrogen) atoms. The molecule has 0 amide bonds. The van der Waals surface area contributed by atoms with E-state index >= 15 is 0 Å². The van der Waals surface area contributed by atoms with E-state index in [-0.39, 0.29) is 5.02 Å². The van der Waals surface area contributed by atoms with Gasteiger partial charge in [-0.2, -0.15) is 0 Å². The normalized spacial score (nSPS) is 14.3. The second kappa shape index (κ2) is 8.90. The van der Waals surface area contributed by atoms with E-state index in [0.29, 0.717) is 29.9 Å². The van der Waals surface area contributed by atoms with Gasteiger partial charge in [-0.1, -0.05) is 18.5 Å². The predicted molar refractivity (Wildman–Crippen MR) is 134 cm³/mol. The molecule has 0 saturated carbocycles. The van der Waals surface area contributed by atoms with Crippen molar-refractivity contribution >= 4 is 39.2 Å². The molecule has 4 heterocycles. The number of benzene rings is 2. The van der Waals surface area contributed by atoms with Crippen molar-refractivity contribution in [2.75, 3.05) is 31.2 Å². The minimum atomic E-state index is -0.408. The lowest BCUT2D eigenvalue weighted by Crippen LogP contribution is -2.36. The summed E-state index contributed by atoms with van der Waals surface area (Å²) in [5.74, 6) is 1.11.